The first kappa shape index (κ1) is 12.1. The Bertz CT molecular complexity index is 942. The second-order valence-corrected chi connectivity index (χ2v) is 8.97. The van der Waals surface area contributed by atoms with Crippen molar-refractivity contribution in [1.29, 1.82) is 0 Å². The molecule has 10 rings (SSSR count). The van der Waals surface area contributed by atoms with Crippen molar-refractivity contribution in [3.8, 4) is 0 Å². The van der Waals surface area contributed by atoms with Crippen LogP contribution in [0.1, 0.15) is 24.9 Å². The van der Waals surface area contributed by atoms with Crippen LogP contribution in [0.5, 0.6) is 0 Å². The van der Waals surface area contributed by atoms with Crippen LogP contribution in [0.2, 0.25) is 0 Å². The van der Waals surface area contributed by atoms with Gasteiger partial charge in [0, 0.05) is 35.9 Å². The Morgan fingerprint density at radius 1 is 1.04 bits per heavy atom. The van der Waals surface area contributed by atoms with E-state index in [9.17, 15) is 9.59 Å². The van der Waals surface area contributed by atoms with E-state index in [0.29, 0.717) is 30.5 Å². The Labute approximate surface area is 136 Å². The number of piperidine rings is 2. The largest absolute Gasteiger partial charge is 0.380 e. The lowest BCUT2D eigenvalue weighted by Gasteiger charge is -2.70. The lowest BCUT2D eigenvalue weighted by Crippen LogP contribution is -2.78. The second kappa shape index (κ2) is 2.97. The Morgan fingerprint density at radius 3 is 2.62 bits per heavy atom. The SMILES string of the molecule is Cn1c(=O)n2n(c1=O)C1C3ON4C5C3C2C23COCC12C4CCC53. The van der Waals surface area contributed by atoms with Crippen LogP contribution in [0.25, 0.3) is 0 Å². The van der Waals surface area contributed by atoms with Gasteiger partial charge in [0.05, 0.1) is 25.3 Å². The van der Waals surface area contributed by atoms with Crippen LogP contribution in [0.15, 0.2) is 9.59 Å². The quantitative estimate of drug-likeness (QED) is 0.602. The number of hydrogen-bond donors (Lipinski definition) is 0. The first-order valence-corrected chi connectivity index (χ1v) is 9.07. The topological polar surface area (TPSA) is 70.6 Å². The molecule has 3 saturated carbocycles. The summed E-state index contributed by atoms with van der Waals surface area (Å²) < 4.78 is 11.0. The molecule has 1 aromatic heterocycles. The Balaban J connectivity index is 1.62. The Kier molecular flexibility index (Phi) is 1.49. The predicted molar refractivity (Wildman–Crippen MR) is 78.2 cm³/mol. The fraction of sp³-hybridized carbons (Fsp3) is 0.875. The van der Waals surface area contributed by atoms with Crippen LogP contribution >= 0.6 is 0 Å². The van der Waals surface area contributed by atoms with E-state index >= 15 is 0 Å². The van der Waals surface area contributed by atoms with E-state index in [1.165, 1.54) is 11.0 Å². The van der Waals surface area contributed by atoms with E-state index in [1.54, 1.807) is 11.7 Å². The van der Waals surface area contributed by atoms with Crippen molar-refractivity contribution in [2.75, 3.05) is 13.2 Å². The molecular formula is C16H18N4O4. The number of rotatable bonds is 0. The van der Waals surface area contributed by atoms with E-state index in [4.69, 9.17) is 9.57 Å². The van der Waals surface area contributed by atoms with Gasteiger partial charge in [0.25, 0.3) is 0 Å². The van der Waals surface area contributed by atoms with E-state index in [2.05, 4.69) is 5.06 Å². The molecule has 1 aromatic rings. The zero-order chi connectivity index (χ0) is 15.7. The first-order valence-electron chi connectivity index (χ1n) is 9.07. The summed E-state index contributed by atoms with van der Waals surface area (Å²) in [4.78, 5) is 32.2. The van der Waals surface area contributed by atoms with Gasteiger partial charge < -0.3 is 4.74 Å². The molecule has 7 bridgehead atoms. The number of hydrogen-bond acceptors (Lipinski definition) is 5. The molecule has 0 N–H and O–H groups in total. The molecule has 126 valence electrons. The molecule has 9 atom stereocenters. The van der Waals surface area contributed by atoms with Crippen LogP contribution in [0, 0.1) is 22.7 Å². The van der Waals surface area contributed by atoms with Gasteiger partial charge in [-0.15, -0.1) is 0 Å². The highest BCUT2D eigenvalue weighted by atomic mass is 16.7. The molecule has 4 saturated heterocycles. The molecule has 9 aliphatic rings. The molecule has 0 amide bonds. The van der Waals surface area contributed by atoms with Gasteiger partial charge in [0.2, 0.25) is 0 Å². The van der Waals surface area contributed by atoms with Crippen molar-refractivity contribution in [3.63, 3.8) is 0 Å². The minimum absolute atomic E-state index is 0.0321. The molecule has 6 aliphatic heterocycles. The number of aromatic nitrogens is 3. The van der Waals surface area contributed by atoms with Gasteiger partial charge in [-0.1, -0.05) is 0 Å². The molecule has 24 heavy (non-hydrogen) atoms. The highest BCUT2D eigenvalue weighted by molar-refractivity contribution is 5.38. The summed E-state index contributed by atoms with van der Waals surface area (Å²) in [6.45, 7) is 1.46. The monoisotopic (exact) mass is 330 g/mol. The van der Waals surface area contributed by atoms with Crippen LogP contribution in [-0.2, 0) is 16.6 Å². The predicted octanol–water partition coefficient (Wildman–Crippen LogP) is -1.13. The lowest BCUT2D eigenvalue weighted by atomic mass is 9.43. The molecule has 0 radical (unpaired) electrons. The zero-order valence-electron chi connectivity index (χ0n) is 13.3. The van der Waals surface area contributed by atoms with Crippen LogP contribution in [0.3, 0.4) is 0 Å². The number of ether oxygens (including phenoxy) is 1. The lowest BCUT2D eigenvalue weighted by molar-refractivity contribution is -0.370. The Hall–Kier alpha value is -1.38. The second-order valence-electron chi connectivity index (χ2n) is 8.97. The van der Waals surface area contributed by atoms with Crippen molar-refractivity contribution in [1.82, 2.24) is 19.0 Å². The maximum atomic E-state index is 12.9. The smallest absolute Gasteiger partial charge is 0.347 e. The average molecular weight is 330 g/mol. The van der Waals surface area contributed by atoms with Crippen molar-refractivity contribution < 1.29 is 9.57 Å². The first-order chi connectivity index (χ1) is 11.6. The third-order valence-corrected chi connectivity index (χ3v) is 9.04. The normalized spacial score (nSPS) is 59.8. The molecule has 8 heteroatoms. The number of hydroxylamine groups is 2. The molecular weight excluding hydrogens is 312 g/mol. The summed E-state index contributed by atoms with van der Waals surface area (Å²) in [6.07, 6.45) is 2.37. The maximum Gasteiger partial charge on any atom is 0.347 e. The van der Waals surface area contributed by atoms with Crippen LogP contribution in [-0.4, -0.2) is 50.4 Å². The minimum atomic E-state index is -0.188. The fourth-order valence-corrected chi connectivity index (χ4v) is 8.80. The van der Waals surface area contributed by atoms with Crippen LogP contribution in [0.4, 0.5) is 0 Å². The summed E-state index contributed by atoms with van der Waals surface area (Å²) in [5.74, 6) is 0.866. The zero-order valence-corrected chi connectivity index (χ0v) is 13.3. The standard InChI is InChI=1S/C16H18N4O4/c1-17-13(21)18-11-8-9-6-2-3-7-16(5-23-4-15(6,11)16)12(19(18)14(17)22)10(8)24-20(7)9/h6-12H,2-5H2,1H3. The van der Waals surface area contributed by atoms with E-state index in [0.717, 1.165) is 13.0 Å². The van der Waals surface area contributed by atoms with E-state index < -0.39 is 0 Å². The van der Waals surface area contributed by atoms with Gasteiger partial charge in [0.15, 0.2) is 0 Å². The minimum Gasteiger partial charge on any atom is -0.380 e. The molecule has 1 spiro atoms. The van der Waals surface area contributed by atoms with Gasteiger partial charge in [-0.05, 0) is 18.8 Å². The van der Waals surface area contributed by atoms with Crippen molar-refractivity contribution >= 4 is 0 Å². The molecule has 0 aromatic carbocycles. The van der Waals surface area contributed by atoms with Gasteiger partial charge in [-0.2, -0.15) is 5.06 Å². The summed E-state index contributed by atoms with van der Waals surface area (Å²) in [6, 6.07) is 0.756. The van der Waals surface area contributed by atoms with Gasteiger partial charge in [-0.25, -0.2) is 23.5 Å². The van der Waals surface area contributed by atoms with Crippen molar-refractivity contribution in [2.45, 2.75) is 43.1 Å². The average Bonchev–Trinajstić information content (AvgIpc) is 3.29. The highest BCUT2D eigenvalue weighted by Gasteiger charge is 2.92. The summed E-state index contributed by atoms with van der Waals surface area (Å²) in [5, 5.41) is 2.29. The van der Waals surface area contributed by atoms with E-state index in [-0.39, 0.29) is 40.4 Å². The van der Waals surface area contributed by atoms with Crippen LogP contribution < -0.4 is 11.4 Å². The third kappa shape index (κ3) is 0.725. The van der Waals surface area contributed by atoms with Gasteiger partial charge >= 0.3 is 11.4 Å². The van der Waals surface area contributed by atoms with Crippen molar-refractivity contribution in [2.24, 2.45) is 29.7 Å². The molecule has 7 heterocycles. The summed E-state index contributed by atoms with van der Waals surface area (Å²) in [5.41, 5.74) is -0.369. The third-order valence-electron chi connectivity index (χ3n) is 9.04. The Morgan fingerprint density at radius 2 is 1.79 bits per heavy atom. The number of fused-ring (bicyclic) bond motifs is 1. The maximum absolute atomic E-state index is 12.9. The summed E-state index contributed by atoms with van der Waals surface area (Å²) >= 11 is 0. The van der Waals surface area contributed by atoms with Gasteiger partial charge in [0.1, 0.15) is 6.10 Å². The molecule has 9 unspecified atom stereocenters. The van der Waals surface area contributed by atoms with E-state index in [1.807, 2.05) is 4.68 Å². The molecule has 7 fully saturated rings. The molecule has 3 aliphatic carbocycles. The summed E-state index contributed by atoms with van der Waals surface area (Å²) in [7, 11) is 1.60. The molecule has 8 nitrogen and oxygen atoms in total. The van der Waals surface area contributed by atoms with Crippen molar-refractivity contribution in [3.05, 3.63) is 21.0 Å². The number of nitrogens with zero attached hydrogens (tertiary/aromatic N) is 4. The fourth-order valence-electron chi connectivity index (χ4n) is 8.80. The van der Waals surface area contributed by atoms with Gasteiger partial charge in [-0.3, -0.25) is 4.84 Å². The highest BCUT2D eigenvalue weighted by Crippen LogP contribution is 2.85.